The third-order valence-corrected chi connectivity index (χ3v) is 2.48. The van der Waals surface area contributed by atoms with E-state index >= 15 is 0 Å². The molecule has 0 unspecified atom stereocenters. The Morgan fingerprint density at radius 1 is 1.53 bits per heavy atom. The first-order chi connectivity index (χ1) is 8.13. The van der Waals surface area contributed by atoms with Gasteiger partial charge in [-0.1, -0.05) is 17.7 Å². The molecule has 1 amide bonds. The van der Waals surface area contributed by atoms with Crippen molar-refractivity contribution in [3.05, 3.63) is 29.3 Å². The number of rotatable bonds is 6. The van der Waals surface area contributed by atoms with Gasteiger partial charge in [-0.15, -0.1) is 0 Å². The molecule has 1 aromatic carbocycles. The Hall–Kier alpha value is -1.26. The van der Waals surface area contributed by atoms with E-state index < -0.39 is 0 Å². The highest BCUT2D eigenvalue weighted by atomic mass is 35.5. The van der Waals surface area contributed by atoms with Gasteiger partial charge in [-0.05, 0) is 25.2 Å². The third kappa shape index (κ3) is 5.06. The standard InChI is InChI=1S/C12H17ClN2O2/c1-14-9-12(16)15(2)6-7-17-11-5-3-4-10(13)8-11/h3-5,8,14H,6-7,9H2,1-2H3. The second-order valence-corrected chi connectivity index (χ2v) is 4.09. The summed E-state index contributed by atoms with van der Waals surface area (Å²) in [6, 6.07) is 7.20. The van der Waals surface area contributed by atoms with Crippen molar-refractivity contribution in [3.8, 4) is 5.75 Å². The monoisotopic (exact) mass is 256 g/mol. The van der Waals surface area contributed by atoms with E-state index in [9.17, 15) is 4.79 Å². The average molecular weight is 257 g/mol. The maximum absolute atomic E-state index is 11.4. The number of carbonyl (C=O) groups excluding carboxylic acids is 1. The van der Waals surface area contributed by atoms with E-state index in [1.54, 1.807) is 31.1 Å². The minimum absolute atomic E-state index is 0.0437. The second kappa shape index (κ2) is 7.14. The molecule has 0 radical (unpaired) electrons. The lowest BCUT2D eigenvalue weighted by Gasteiger charge is -2.17. The van der Waals surface area contributed by atoms with Crippen molar-refractivity contribution in [2.45, 2.75) is 0 Å². The number of halogens is 1. The molecule has 1 N–H and O–H groups in total. The topological polar surface area (TPSA) is 41.6 Å². The number of amides is 1. The Morgan fingerprint density at radius 2 is 2.29 bits per heavy atom. The Morgan fingerprint density at radius 3 is 2.94 bits per heavy atom. The number of nitrogens with one attached hydrogen (secondary N) is 1. The van der Waals surface area contributed by atoms with Gasteiger partial charge in [-0.3, -0.25) is 4.79 Å². The van der Waals surface area contributed by atoms with Crippen molar-refractivity contribution in [3.63, 3.8) is 0 Å². The van der Waals surface area contributed by atoms with Gasteiger partial charge >= 0.3 is 0 Å². The van der Waals surface area contributed by atoms with Crippen LogP contribution >= 0.6 is 11.6 Å². The largest absolute Gasteiger partial charge is 0.492 e. The zero-order chi connectivity index (χ0) is 12.7. The quantitative estimate of drug-likeness (QED) is 0.837. The minimum Gasteiger partial charge on any atom is -0.492 e. The summed E-state index contributed by atoms with van der Waals surface area (Å²) in [6.45, 7) is 1.34. The van der Waals surface area contributed by atoms with Crippen molar-refractivity contribution in [1.29, 1.82) is 0 Å². The van der Waals surface area contributed by atoms with Crippen molar-refractivity contribution >= 4 is 17.5 Å². The highest BCUT2D eigenvalue weighted by Gasteiger charge is 2.06. The second-order valence-electron chi connectivity index (χ2n) is 3.65. The van der Waals surface area contributed by atoms with Crippen molar-refractivity contribution in [2.75, 3.05) is 33.8 Å². The zero-order valence-electron chi connectivity index (χ0n) is 10.1. The van der Waals surface area contributed by atoms with Gasteiger partial charge in [0.2, 0.25) is 5.91 Å². The van der Waals surface area contributed by atoms with Gasteiger partial charge in [0.1, 0.15) is 12.4 Å². The maximum Gasteiger partial charge on any atom is 0.236 e. The van der Waals surface area contributed by atoms with E-state index in [1.807, 2.05) is 12.1 Å². The summed E-state index contributed by atoms with van der Waals surface area (Å²) in [7, 11) is 3.50. The average Bonchev–Trinajstić information content (AvgIpc) is 2.29. The normalized spacial score (nSPS) is 10.1. The summed E-state index contributed by atoms with van der Waals surface area (Å²) in [5.74, 6) is 0.758. The lowest BCUT2D eigenvalue weighted by Crippen LogP contribution is -2.36. The van der Waals surface area contributed by atoms with Crippen LogP contribution < -0.4 is 10.1 Å². The van der Waals surface area contributed by atoms with Gasteiger partial charge in [0.05, 0.1) is 13.1 Å². The molecule has 0 spiro atoms. The van der Waals surface area contributed by atoms with Crippen LogP contribution in [0, 0.1) is 0 Å². The number of nitrogens with zero attached hydrogens (tertiary/aromatic N) is 1. The van der Waals surface area contributed by atoms with Crippen LogP contribution in [0.4, 0.5) is 0 Å². The molecule has 0 aliphatic heterocycles. The fourth-order valence-electron chi connectivity index (χ4n) is 1.27. The first-order valence-electron chi connectivity index (χ1n) is 5.40. The number of ether oxygens (including phenoxy) is 1. The van der Waals surface area contributed by atoms with Gasteiger partial charge in [0.25, 0.3) is 0 Å². The lowest BCUT2D eigenvalue weighted by molar-refractivity contribution is -0.129. The van der Waals surface area contributed by atoms with E-state index in [2.05, 4.69) is 5.32 Å². The molecule has 0 saturated heterocycles. The van der Waals surface area contributed by atoms with Crippen LogP contribution in [0.5, 0.6) is 5.75 Å². The fraction of sp³-hybridized carbons (Fsp3) is 0.417. The molecule has 0 atom stereocenters. The Balaban J connectivity index is 2.30. The van der Waals surface area contributed by atoms with Gasteiger partial charge in [0, 0.05) is 12.1 Å². The van der Waals surface area contributed by atoms with Crippen molar-refractivity contribution in [2.24, 2.45) is 0 Å². The fourth-order valence-corrected chi connectivity index (χ4v) is 1.45. The molecule has 1 aromatic rings. The first-order valence-corrected chi connectivity index (χ1v) is 5.78. The van der Waals surface area contributed by atoms with Crippen LogP contribution in [0.1, 0.15) is 0 Å². The molecular weight excluding hydrogens is 240 g/mol. The van der Waals surface area contributed by atoms with Crippen molar-refractivity contribution in [1.82, 2.24) is 10.2 Å². The maximum atomic E-state index is 11.4. The minimum atomic E-state index is 0.0437. The van der Waals surface area contributed by atoms with E-state index in [-0.39, 0.29) is 5.91 Å². The third-order valence-electron chi connectivity index (χ3n) is 2.25. The summed E-state index contributed by atoms with van der Waals surface area (Å²) in [5.41, 5.74) is 0. The van der Waals surface area contributed by atoms with E-state index in [0.717, 1.165) is 0 Å². The number of likely N-dealkylation sites (N-methyl/N-ethyl adjacent to an activating group) is 2. The molecule has 0 aliphatic carbocycles. The molecule has 17 heavy (non-hydrogen) atoms. The van der Waals surface area contributed by atoms with Crippen molar-refractivity contribution < 1.29 is 9.53 Å². The van der Waals surface area contributed by atoms with Crippen LogP contribution in [0.15, 0.2) is 24.3 Å². The van der Waals surface area contributed by atoms with E-state index in [1.165, 1.54) is 0 Å². The predicted molar refractivity (Wildman–Crippen MR) is 68.5 cm³/mol. The Bertz CT molecular complexity index is 371. The molecule has 1 rings (SSSR count). The Labute approximate surface area is 107 Å². The summed E-state index contributed by atoms with van der Waals surface area (Å²) in [5, 5.41) is 3.46. The van der Waals surface area contributed by atoms with Crippen LogP contribution in [0.2, 0.25) is 5.02 Å². The summed E-state index contributed by atoms with van der Waals surface area (Å²) in [4.78, 5) is 13.1. The van der Waals surface area contributed by atoms with Gasteiger partial charge in [0.15, 0.2) is 0 Å². The molecule has 94 valence electrons. The number of benzene rings is 1. The van der Waals surface area contributed by atoms with E-state index in [4.69, 9.17) is 16.3 Å². The smallest absolute Gasteiger partial charge is 0.236 e. The highest BCUT2D eigenvalue weighted by Crippen LogP contribution is 2.16. The number of hydrogen-bond donors (Lipinski definition) is 1. The van der Waals surface area contributed by atoms with E-state index in [0.29, 0.717) is 30.5 Å². The van der Waals surface area contributed by atoms with Gasteiger partial charge < -0.3 is 15.0 Å². The Kier molecular flexibility index (Phi) is 5.80. The summed E-state index contributed by atoms with van der Waals surface area (Å²) in [6.07, 6.45) is 0. The zero-order valence-corrected chi connectivity index (χ0v) is 10.8. The molecular formula is C12H17ClN2O2. The number of hydrogen-bond acceptors (Lipinski definition) is 3. The molecule has 4 nitrogen and oxygen atoms in total. The molecule has 0 fully saturated rings. The molecule has 0 heterocycles. The van der Waals surface area contributed by atoms with Crippen LogP contribution in [-0.2, 0) is 4.79 Å². The first kappa shape index (κ1) is 13.8. The highest BCUT2D eigenvalue weighted by molar-refractivity contribution is 6.30. The van der Waals surface area contributed by atoms with Gasteiger partial charge in [-0.25, -0.2) is 0 Å². The number of carbonyl (C=O) groups is 1. The van der Waals surface area contributed by atoms with Crippen LogP contribution in [0.3, 0.4) is 0 Å². The predicted octanol–water partition coefficient (Wildman–Crippen LogP) is 1.40. The summed E-state index contributed by atoms with van der Waals surface area (Å²) < 4.78 is 5.49. The van der Waals surface area contributed by atoms with Gasteiger partial charge in [-0.2, -0.15) is 0 Å². The molecule has 5 heteroatoms. The summed E-state index contributed by atoms with van der Waals surface area (Å²) >= 11 is 5.83. The molecule has 0 bridgehead atoms. The molecule has 0 saturated carbocycles. The SMILES string of the molecule is CNCC(=O)N(C)CCOc1cccc(Cl)c1. The molecule has 0 aliphatic rings. The lowest BCUT2D eigenvalue weighted by atomic mass is 10.3. The van der Waals surface area contributed by atoms with Crippen LogP contribution in [-0.4, -0.2) is 44.6 Å². The molecule has 0 aromatic heterocycles. The van der Waals surface area contributed by atoms with Crippen LogP contribution in [0.25, 0.3) is 0 Å².